The first kappa shape index (κ1) is 16.2. The van der Waals surface area contributed by atoms with Crippen LogP contribution in [0.3, 0.4) is 0 Å². The lowest BCUT2D eigenvalue weighted by molar-refractivity contribution is -0.137. The maximum atomic E-state index is 12.9. The van der Waals surface area contributed by atoms with Crippen molar-refractivity contribution in [3.05, 3.63) is 41.1 Å². The van der Waals surface area contributed by atoms with Crippen LogP contribution in [0.4, 0.5) is 13.2 Å². The van der Waals surface area contributed by atoms with Crippen molar-refractivity contribution in [3.63, 3.8) is 0 Å². The van der Waals surface area contributed by atoms with Crippen LogP contribution in [0.5, 0.6) is 0 Å². The molecule has 1 atom stereocenters. The summed E-state index contributed by atoms with van der Waals surface area (Å²) in [6.07, 6.45) is 0.656. The van der Waals surface area contributed by atoms with Gasteiger partial charge in [-0.05, 0) is 50.1 Å². The molecule has 1 heterocycles. The minimum absolute atomic E-state index is 0.274. The van der Waals surface area contributed by atoms with Gasteiger partial charge in [0, 0.05) is 16.0 Å². The molecule has 1 saturated carbocycles. The van der Waals surface area contributed by atoms with Crippen LogP contribution in [-0.2, 0) is 6.18 Å². The van der Waals surface area contributed by atoms with Crippen LogP contribution in [-0.4, -0.2) is 17.6 Å². The number of rotatable bonds is 4. The number of thioether (sulfide) groups is 1. The van der Waals surface area contributed by atoms with Crippen molar-refractivity contribution >= 4 is 17.5 Å². The number of azo groups is 1. The van der Waals surface area contributed by atoms with E-state index in [1.807, 2.05) is 6.92 Å². The van der Waals surface area contributed by atoms with Crippen LogP contribution in [0.2, 0.25) is 0 Å². The molecule has 23 heavy (non-hydrogen) atoms. The van der Waals surface area contributed by atoms with Crippen LogP contribution < -0.4 is 0 Å². The lowest BCUT2D eigenvalue weighted by Gasteiger charge is -2.22. The van der Waals surface area contributed by atoms with Gasteiger partial charge in [0.05, 0.1) is 11.8 Å². The molecule has 1 aromatic carbocycles. The van der Waals surface area contributed by atoms with Gasteiger partial charge in [-0.2, -0.15) is 23.4 Å². The Morgan fingerprint density at radius 3 is 2.61 bits per heavy atom. The zero-order valence-electron chi connectivity index (χ0n) is 12.6. The second kappa shape index (κ2) is 5.47. The second-order valence-corrected chi connectivity index (χ2v) is 6.77. The highest BCUT2D eigenvalue weighted by Crippen LogP contribution is 2.49. The first-order chi connectivity index (χ1) is 10.8. The van der Waals surface area contributed by atoms with Gasteiger partial charge in [-0.15, -0.1) is 11.8 Å². The number of ketones is 1. The van der Waals surface area contributed by atoms with E-state index in [1.54, 1.807) is 6.26 Å². The third-order valence-corrected chi connectivity index (χ3v) is 5.17. The Labute approximate surface area is 136 Å². The Kier molecular flexibility index (Phi) is 3.86. The molecule has 3 nitrogen and oxygen atoms in total. The molecule has 0 amide bonds. The monoisotopic (exact) mass is 340 g/mol. The van der Waals surface area contributed by atoms with E-state index in [2.05, 4.69) is 10.2 Å². The fraction of sp³-hybridized carbons (Fsp3) is 0.438. The lowest BCUT2D eigenvalue weighted by atomic mass is 9.84. The summed E-state index contributed by atoms with van der Waals surface area (Å²) in [7, 11) is 0. The van der Waals surface area contributed by atoms with E-state index < -0.39 is 17.3 Å². The van der Waals surface area contributed by atoms with Gasteiger partial charge in [-0.1, -0.05) is 0 Å². The number of halogens is 3. The van der Waals surface area contributed by atoms with Gasteiger partial charge in [0.25, 0.3) is 0 Å². The SMILES string of the molecule is CSc1cc(C(F)(F)F)ccc1C(=O)C1=CN=NC1(C)C1CC1. The predicted molar refractivity (Wildman–Crippen MR) is 81.6 cm³/mol. The summed E-state index contributed by atoms with van der Waals surface area (Å²) in [5.41, 5.74) is -0.653. The van der Waals surface area contributed by atoms with Crippen molar-refractivity contribution in [1.82, 2.24) is 0 Å². The Hall–Kier alpha value is -1.63. The summed E-state index contributed by atoms with van der Waals surface area (Å²) in [5, 5.41) is 8.09. The van der Waals surface area contributed by atoms with Gasteiger partial charge in [0.15, 0.2) is 5.78 Å². The fourth-order valence-corrected chi connectivity index (χ4v) is 3.45. The summed E-state index contributed by atoms with van der Waals surface area (Å²) in [6.45, 7) is 1.87. The molecule has 7 heteroatoms. The van der Waals surface area contributed by atoms with E-state index >= 15 is 0 Å². The normalized spacial score (nSPS) is 24.0. The number of nitrogens with zero attached hydrogens (tertiary/aromatic N) is 2. The van der Waals surface area contributed by atoms with Crippen molar-refractivity contribution in [2.75, 3.05) is 6.26 Å². The standard InChI is InChI=1S/C16H15F3N2OS/c1-15(9-3-4-9)12(8-20-21-15)14(22)11-6-5-10(16(17,18)19)7-13(11)23-2/h5-9H,3-4H2,1-2H3. The second-order valence-electron chi connectivity index (χ2n) is 5.92. The molecule has 122 valence electrons. The number of carbonyl (C=O) groups is 1. The average molecular weight is 340 g/mol. The minimum atomic E-state index is -4.42. The highest BCUT2D eigenvalue weighted by atomic mass is 32.2. The molecule has 1 aliphatic heterocycles. The van der Waals surface area contributed by atoms with Gasteiger partial charge in [0.2, 0.25) is 0 Å². The third-order valence-electron chi connectivity index (χ3n) is 4.39. The van der Waals surface area contributed by atoms with Crippen LogP contribution in [0.15, 0.2) is 45.1 Å². The molecule has 0 saturated heterocycles. The van der Waals surface area contributed by atoms with Crippen LogP contribution in [0, 0.1) is 5.92 Å². The van der Waals surface area contributed by atoms with Crippen LogP contribution in [0.1, 0.15) is 35.7 Å². The highest BCUT2D eigenvalue weighted by Gasteiger charge is 2.49. The number of alkyl halides is 3. The third kappa shape index (κ3) is 2.82. The number of benzene rings is 1. The molecule has 0 radical (unpaired) electrons. The summed E-state index contributed by atoms with van der Waals surface area (Å²) in [6, 6.07) is 3.23. The van der Waals surface area contributed by atoms with Crippen molar-refractivity contribution in [2.24, 2.45) is 16.1 Å². The van der Waals surface area contributed by atoms with E-state index in [-0.39, 0.29) is 17.3 Å². The zero-order valence-corrected chi connectivity index (χ0v) is 13.5. The number of carbonyl (C=O) groups excluding carboxylic acids is 1. The largest absolute Gasteiger partial charge is 0.416 e. The van der Waals surface area contributed by atoms with Crippen LogP contribution in [0.25, 0.3) is 0 Å². The molecule has 1 fully saturated rings. The number of hydrogen-bond acceptors (Lipinski definition) is 4. The Morgan fingerprint density at radius 1 is 1.35 bits per heavy atom. The van der Waals surface area contributed by atoms with Gasteiger partial charge in [-0.3, -0.25) is 4.79 Å². The molecule has 3 rings (SSSR count). The van der Waals surface area contributed by atoms with Crippen molar-refractivity contribution < 1.29 is 18.0 Å². The van der Waals surface area contributed by atoms with Gasteiger partial charge < -0.3 is 0 Å². The molecular formula is C16H15F3N2OS. The molecule has 1 aliphatic carbocycles. The summed E-state index contributed by atoms with van der Waals surface area (Å²) < 4.78 is 38.5. The van der Waals surface area contributed by atoms with E-state index in [9.17, 15) is 18.0 Å². The predicted octanol–water partition coefficient (Wildman–Crippen LogP) is 5.13. The van der Waals surface area contributed by atoms with E-state index in [1.165, 1.54) is 12.3 Å². The highest BCUT2D eigenvalue weighted by molar-refractivity contribution is 7.98. The van der Waals surface area contributed by atoms with Crippen LogP contribution >= 0.6 is 11.8 Å². The van der Waals surface area contributed by atoms with Crippen molar-refractivity contribution in [2.45, 2.75) is 36.4 Å². The molecule has 0 aromatic heterocycles. The van der Waals surface area contributed by atoms with E-state index in [4.69, 9.17) is 0 Å². The molecular weight excluding hydrogens is 325 g/mol. The lowest BCUT2D eigenvalue weighted by Crippen LogP contribution is -2.30. The maximum Gasteiger partial charge on any atom is 0.416 e. The smallest absolute Gasteiger partial charge is 0.289 e. The van der Waals surface area contributed by atoms with E-state index in [0.717, 1.165) is 36.7 Å². The maximum absolute atomic E-state index is 12.9. The minimum Gasteiger partial charge on any atom is -0.289 e. The molecule has 0 N–H and O–H groups in total. The molecule has 2 aliphatic rings. The summed E-state index contributed by atoms with van der Waals surface area (Å²) in [5.74, 6) is -0.00129. The topological polar surface area (TPSA) is 41.8 Å². The quantitative estimate of drug-likeness (QED) is 0.563. The fourth-order valence-electron chi connectivity index (χ4n) is 2.83. The molecule has 0 spiro atoms. The molecule has 0 bridgehead atoms. The van der Waals surface area contributed by atoms with E-state index in [0.29, 0.717) is 10.5 Å². The number of Topliss-reactive ketones (excluding diaryl/α,β-unsaturated/α-hetero) is 1. The van der Waals surface area contributed by atoms with Crippen molar-refractivity contribution in [1.29, 1.82) is 0 Å². The average Bonchev–Trinajstić information content (AvgIpc) is 3.29. The first-order valence-electron chi connectivity index (χ1n) is 7.20. The molecule has 1 aromatic rings. The molecule has 1 unspecified atom stereocenters. The van der Waals surface area contributed by atoms with Gasteiger partial charge >= 0.3 is 6.18 Å². The Balaban J connectivity index is 1.97. The first-order valence-corrected chi connectivity index (χ1v) is 8.42. The Bertz CT molecular complexity index is 723. The van der Waals surface area contributed by atoms with Crippen molar-refractivity contribution in [3.8, 4) is 0 Å². The summed E-state index contributed by atoms with van der Waals surface area (Å²) in [4.78, 5) is 13.2. The van der Waals surface area contributed by atoms with Gasteiger partial charge in [-0.25, -0.2) is 0 Å². The Morgan fingerprint density at radius 2 is 2.04 bits per heavy atom. The zero-order chi connectivity index (χ0) is 16.8. The van der Waals surface area contributed by atoms with Gasteiger partial charge in [0.1, 0.15) is 5.54 Å². The number of hydrogen-bond donors (Lipinski definition) is 0. The summed E-state index contributed by atoms with van der Waals surface area (Å²) >= 11 is 1.13.